The second kappa shape index (κ2) is 9.51. The third-order valence-electron chi connectivity index (χ3n) is 5.25. The number of benzene rings is 3. The molecule has 1 atom stereocenters. The lowest BCUT2D eigenvalue weighted by Gasteiger charge is -2.16. The molecule has 3 aromatic carbocycles. The molecule has 0 aliphatic rings. The number of para-hydroxylation sites is 1. The van der Waals surface area contributed by atoms with Crippen LogP contribution >= 0.6 is 23.2 Å². The standard InChI is InChI=1S/C26H22Cl2N2O/c1-17(11-12-18-7-3-2-4-8-18)29-26(31)22-16-25(21-14-13-19(27)15-23(21)28)30-24-10-6-5-9-20(22)24/h2-10,13-17H,11-12H2,1H3,(H,29,31). The van der Waals surface area contributed by atoms with Crippen LogP contribution in [0.15, 0.2) is 78.9 Å². The van der Waals surface area contributed by atoms with Gasteiger partial charge in [0.15, 0.2) is 0 Å². The Morgan fingerprint density at radius 2 is 1.71 bits per heavy atom. The second-order valence-electron chi connectivity index (χ2n) is 7.60. The number of carbonyl (C=O) groups excluding carboxylic acids is 1. The molecule has 5 heteroatoms. The van der Waals surface area contributed by atoms with E-state index in [2.05, 4.69) is 17.4 Å². The van der Waals surface area contributed by atoms with Crippen molar-refractivity contribution < 1.29 is 4.79 Å². The largest absolute Gasteiger partial charge is 0.350 e. The maximum atomic E-state index is 13.2. The van der Waals surface area contributed by atoms with Gasteiger partial charge in [-0.2, -0.15) is 0 Å². The number of nitrogens with zero attached hydrogens (tertiary/aromatic N) is 1. The number of amides is 1. The molecule has 0 aliphatic heterocycles. The van der Waals surface area contributed by atoms with E-state index in [1.165, 1.54) is 5.56 Å². The number of aryl methyl sites for hydroxylation is 1. The molecule has 156 valence electrons. The zero-order chi connectivity index (χ0) is 21.8. The van der Waals surface area contributed by atoms with Crippen LogP contribution in [0.1, 0.15) is 29.3 Å². The number of aromatic nitrogens is 1. The molecule has 0 saturated carbocycles. The summed E-state index contributed by atoms with van der Waals surface area (Å²) in [6, 6.07) is 25.0. The van der Waals surface area contributed by atoms with Gasteiger partial charge in [0.05, 0.1) is 21.8 Å². The van der Waals surface area contributed by atoms with E-state index in [-0.39, 0.29) is 11.9 Å². The Morgan fingerprint density at radius 3 is 2.48 bits per heavy atom. The maximum absolute atomic E-state index is 13.2. The average Bonchev–Trinajstić information content (AvgIpc) is 2.77. The van der Waals surface area contributed by atoms with Gasteiger partial charge in [-0.25, -0.2) is 4.98 Å². The van der Waals surface area contributed by atoms with Gasteiger partial charge in [-0.1, -0.05) is 71.7 Å². The molecule has 4 rings (SSSR count). The summed E-state index contributed by atoms with van der Waals surface area (Å²) in [6.45, 7) is 2.03. The van der Waals surface area contributed by atoms with Gasteiger partial charge in [0.1, 0.15) is 0 Å². The van der Waals surface area contributed by atoms with E-state index in [1.54, 1.807) is 18.2 Å². The monoisotopic (exact) mass is 448 g/mol. The maximum Gasteiger partial charge on any atom is 0.252 e. The molecule has 0 spiro atoms. The molecule has 31 heavy (non-hydrogen) atoms. The van der Waals surface area contributed by atoms with Gasteiger partial charge < -0.3 is 5.32 Å². The van der Waals surface area contributed by atoms with Gasteiger partial charge >= 0.3 is 0 Å². The highest BCUT2D eigenvalue weighted by Gasteiger charge is 2.17. The zero-order valence-corrected chi connectivity index (χ0v) is 18.6. The fourth-order valence-corrected chi connectivity index (χ4v) is 4.11. The molecule has 0 radical (unpaired) electrons. The van der Waals surface area contributed by atoms with Gasteiger partial charge in [-0.05, 0) is 55.7 Å². The van der Waals surface area contributed by atoms with Crippen molar-refractivity contribution in [3.8, 4) is 11.3 Å². The van der Waals surface area contributed by atoms with Crippen LogP contribution in [0.2, 0.25) is 10.0 Å². The average molecular weight is 449 g/mol. The number of hydrogen-bond donors (Lipinski definition) is 1. The number of hydrogen-bond acceptors (Lipinski definition) is 2. The number of rotatable bonds is 6. The fraction of sp³-hybridized carbons (Fsp3) is 0.154. The van der Waals surface area contributed by atoms with Gasteiger partial charge in [-0.3, -0.25) is 4.79 Å². The van der Waals surface area contributed by atoms with Crippen molar-refractivity contribution in [2.75, 3.05) is 0 Å². The molecule has 1 heterocycles. The molecule has 1 amide bonds. The third-order valence-corrected chi connectivity index (χ3v) is 5.80. The minimum absolute atomic E-state index is 0.0298. The van der Waals surface area contributed by atoms with Gasteiger partial charge in [0.25, 0.3) is 5.91 Å². The van der Waals surface area contributed by atoms with Crippen LogP contribution in [-0.2, 0) is 6.42 Å². The molecule has 0 aliphatic carbocycles. The Bertz CT molecular complexity index is 1220. The van der Waals surface area contributed by atoms with Crippen LogP contribution in [-0.4, -0.2) is 16.9 Å². The Labute approximate surface area is 192 Å². The summed E-state index contributed by atoms with van der Waals surface area (Å²) >= 11 is 12.4. The first kappa shape index (κ1) is 21.4. The Balaban J connectivity index is 1.61. The van der Waals surface area contributed by atoms with Crippen LogP contribution in [0.5, 0.6) is 0 Å². The van der Waals surface area contributed by atoms with E-state index in [1.807, 2.05) is 55.5 Å². The third kappa shape index (κ3) is 5.07. The highest BCUT2D eigenvalue weighted by atomic mass is 35.5. The van der Waals surface area contributed by atoms with Crippen molar-refractivity contribution in [2.24, 2.45) is 0 Å². The van der Waals surface area contributed by atoms with Gasteiger partial charge in [-0.15, -0.1) is 0 Å². The van der Waals surface area contributed by atoms with E-state index < -0.39 is 0 Å². The smallest absolute Gasteiger partial charge is 0.252 e. The Kier molecular flexibility index (Phi) is 6.55. The summed E-state index contributed by atoms with van der Waals surface area (Å²) in [4.78, 5) is 17.9. The van der Waals surface area contributed by atoms with Crippen molar-refractivity contribution in [3.05, 3.63) is 100 Å². The topological polar surface area (TPSA) is 42.0 Å². The predicted molar refractivity (Wildman–Crippen MR) is 129 cm³/mol. The SMILES string of the molecule is CC(CCc1ccccc1)NC(=O)c1cc(-c2ccc(Cl)cc2Cl)nc2ccccc12. The lowest BCUT2D eigenvalue weighted by Crippen LogP contribution is -2.33. The van der Waals surface area contributed by atoms with Crippen LogP contribution < -0.4 is 5.32 Å². The molecule has 0 bridgehead atoms. The molecule has 1 N–H and O–H groups in total. The minimum Gasteiger partial charge on any atom is -0.350 e. The van der Waals surface area contributed by atoms with Crippen molar-refractivity contribution in [1.82, 2.24) is 10.3 Å². The number of carbonyl (C=O) groups is 1. The molecule has 4 aromatic rings. The predicted octanol–water partition coefficient (Wildman–Crippen LogP) is 6.96. The van der Waals surface area contributed by atoms with E-state index >= 15 is 0 Å². The van der Waals surface area contributed by atoms with E-state index in [9.17, 15) is 4.79 Å². The quantitative estimate of drug-likeness (QED) is 0.346. The number of fused-ring (bicyclic) bond motifs is 1. The highest BCUT2D eigenvalue weighted by Crippen LogP contribution is 2.31. The van der Waals surface area contributed by atoms with Crippen LogP contribution in [0.3, 0.4) is 0 Å². The highest BCUT2D eigenvalue weighted by molar-refractivity contribution is 6.36. The summed E-state index contributed by atoms with van der Waals surface area (Å²) in [7, 11) is 0. The van der Waals surface area contributed by atoms with E-state index in [4.69, 9.17) is 28.2 Å². The van der Waals surface area contributed by atoms with Crippen molar-refractivity contribution in [2.45, 2.75) is 25.8 Å². The first-order chi connectivity index (χ1) is 15.0. The van der Waals surface area contributed by atoms with E-state index in [0.29, 0.717) is 21.3 Å². The molecule has 1 aromatic heterocycles. The van der Waals surface area contributed by atoms with Crippen LogP contribution in [0.25, 0.3) is 22.2 Å². The molecular weight excluding hydrogens is 427 g/mol. The summed E-state index contributed by atoms with van der Waals surface area (Å²) in [6.07, 6.45) is 1.76. The number of halogens is 2. The lowest BCUT2D eigenvalue weighted by atomic mass is 10.0. The summed E-state index contributed by atoms with van der Waals surface area (Å²) in [5.41, 5.74) is 3.97. The minimum atomic E-state index is -0.120. The normalized spacial score (nSPS) is 12.0. The molecular formula is C26H22Cl2N2O. The molecule has 1 unspecified atom stereocenters. The summed E-state index contributed by atoms with van der Waals surface area (Å²) in [5.74, 6) is -0.120. The first-order valence-corrected chi connectivity index (χ1v) is 11.0. The molecule has 0 saturated heterocycles. The fourth-order valence-electron chi connectivity index (χ4n) is 3.60. The summed E-state index contributed by atoms with van der Waals surface area (Å²) in [5, 5.41) is 5.00. The van der Waals surface area contributed by atoms with Crippen molar-refractivity contribution >= 4 is 40.0 Å². The lowest BCUT2D eigenvalue weighted by molar-refractivity contribution is 0.0940. The Morgan fingerprint density at radius 1 is 0.968 bits per heavy atom. The van der Waals surface area contributed by atoms with Crippen molar-refractivity contribution in [3.63, 3.8) is 0 Å². The molecule has 0 fully saturated rings. The van der Waals surface area contributed by atoms with Crippen LogP contribution in [0, 0.1) is 0 Å². The first-order valence-electron chi connectivity index (χ1n) is 10.2. The van der Waals surface area contributed by atoms with Crippen molar-refractivity contribution in [1.29, 1.82) is 0 Å². The summed E-state index contributed by atoms with van der Waals surface area (Å²) < 4.78 is 0. The second-order valence-corrected chi connectivity index (χ2v) is 8.44. The zero-order valence-electron chi connectivity index (χ0n) is 17.1. The number of nitrogens with one attached hydrogen (secondary N) is 1. The number of pyridine rings is 1. The van der Waals surface area contributed by atoms with Crippen LogP contribution in [0.4, 0.5) is 0 Å². The van der Waals surface area contributed by atoms with Gasteiger partial charge in [0.2, 0.25) is 0 Å². The molecule has 3 nitrogen and oxygen atoms in total. The Hall–Kier alpha value is -2.88. The van der Waals surface area contributed by atoms with Gasteiger partial charge in [0, 0.05) is 22.0 Å². The van der Waals surface area contributed by atoms with E-state index in [0.717, 1.165) is 29.3 Å².